The van der Waals surface area contributed by atoms with Crippen LogP contribution >= 0.6 is 11.3 Å². The molecule has 0 N–H and O–H groups in total. The van der Waals surface area contributed by atoms with Crippen molar-refractivity contribution in [2.45, 2.75) is 88.9 Å². The van der Waals surface area contributed by atoms with E-state index < -0.39 is 22.9 Å². The summed E-state index contributed by atoms with van der Waals surface area (Å²) in [5.41, 5.74) is -0.620. The number of thiophene rings is 1. The van der Waals surface area contributed by atoms with Crippen LogP contribution in [0.25, 0.3) is 21.0 Å². The van der Waals surface area contributed by atoms with E-state index in [1.165, 1.54) is 29.1 Å². The molecule has 3 fully saturated rings. The third-order valence-electron chi connectivity index (χ3n) is 9.08. The van der Waals surface area contributed by atoms with Crippen molar-refractivity contribution < 1.29 is 23.4 Å². The zero-order chi connectivity index (χ0) is 29.2. The number of fused-ring (bicyclic) bond motifs is 3. The van der Waals surface area contributed by atoms with Gasteiger partial charge in [0.25, 0.3) is 5.56 Å². The molecule has 0 amide bonds. The molecule has 1 aromatic carbocycles. The van der Waals surface area contributed by atoms with Gasteiger partial charge < -0.3 is 18.6 Å². The summed E-state index contributed by atoms with van der Waals surface area (Å²) in [6.07, 6.45) is 7.30. The second kappa shape index (κ2) is 10.3. The molecule has 0 spiro atoms. The molecule has 220 valence electrons. The van der Waals surface area contributed by atoms with Gasteiger partial charge in [-0.2, -0.15) is 0 Å². The lowest BCUT2D eigenvalue weighted by Gasteiger charge is -2.32. The van der Waals surface area contributed by atoms with E-state index >= 15 is 0 Å². The van der Waals surface area contributed by atoms with Crippen LogP contribution in [0.3, 0.4) is 0 Å². The number of methoxy groups -OCH3 is 1. The van der Waals surface area contributed by atoms with Gasteiger partial charge in [-0.3, -0.25) is 14.2 Å². The van der Waals surface area contributed by atoms with Crippen LogP contribution in [0, 0.1) is 6.92 Å². The lowest BCUT2D eigenvalue weighted by molar-refractivity contribution is -0.121. The number of carbonyl (C=O) groups excluding carboxylic acids is 1. The van der Waals surface area contributed by atoms with E-state index in [0.29, 0.717) is 45.1 Å². The normalized spacial score (nSPS) is 23.3. The highest BCUT2D eigenvalue weighted by Gasteiger charge is 2.52. The van der Waals surface area contributed by atoms with Crippen molar-refractivity contribution in [3.63, 3.8) is 0 Å². The number of hydrogen-bond donors (Lipinski definition) is 0. The minimum Gasteiger partial charge on any atom is -0.496 e. The number of aryl methyl sites for hydroxylation is 1. The zero-order valence-electron chi connectivity index (χ0n) is 23.8. The van der Waals surface area contributed by atoms with Crippen molar-refractivity contribution in [2.24, 2.45) is 0 Å². The number of nitrogens with zero attached hydrogens (tertiary/aromatic N) is 3. The van der Waals surface area contributed by atoms with Crippen molar-refractivity contribution in [3.05, 3.63) is 68.7 Å². The minimum atomic E-state index is -1.12. The number of rotatable bonds is 9. The molecule has 11 heteroatoms. The summed E-state index contributed by atoms with van der Waals surface area (Å²) in [6, 6.07) is 7.65. The molecule has 0 radical (unpaired) electrons. The Morgan fingerprint density at radius 2 is 1.93 bits per heavy atom. The number of aromatic nitrogens is 3. The Balaban J connectivity index is 1.41. The van der Waals surface area contributed by atoms with E-state index in [0.717, 1.165) is 31.2 Å². The van der Waals surface area contributed by atoms with Gasteiger partial charge in [-0.1, -0.05) is 18.2 Å². The fourth-order valence-corrected chi connectivity index (χ4v) is 7.98. The molecule has 3 aromatic heterocycles. The summed E-state index contributed by atoms with van der Waals surface area (Å²) in [4.78, 5) is 46.7. The Bertz CT molecular complexity index is 1770. The summed E-state index contributed by atoms with van der Waals surface area (Å²) >= 11 is 1.29. The first kappa shape index (κ1) is 27.3. The lowest BCUT2D eigenvalue weighted by atomic mass is 10.0. The Morgan fingerprint density at radius 3 is 2.57 bits per heavy atom. The van der Waals surface area contributed by atoms with Crippen LogP contribution in [-0.2, 0) is 26.4 Å². The van der Waals surface area contributed by atoms with Crippen LogP contribution in [0.5, 0.6) is 5.75 Å². The predicted octanol–water partition coefficient (Wildman–Crippen LogP) is 4.74. The highest BCUT2D eigenvalue weighted by molar-refractivity contribution is 7.22. The van der Waals surface area contributed by atoms with Gasteiger partial charge in [0, 0.05) is 5.56 Å². The molecule has 1 aliphatic carbocycles. The number of Topliss-reactive ketones (excluding diaryl/α,β-unsaturated/α-hetero) is 1. The summed E-state index contributed by atoms with van der Waals surface area (Å²) in [5, 5.41) is 0.392. The van der Waals surface area contributed by atoms with E-state index in [1.54, 1.807) is 17.9 Å². The standard InChI is InChI=1S/C31H33N3O7S/c1-17-25-28(36)34(31(10-11-31)18(2)35)30(37)33(29(25)42-26(17)27-32-12-13-39-27)16-24(22-6-4-5-7-23(22)38-3)41-21-14-19-8-9-20(15-21)40-19/h4-7,12-13,19-21,24H,8-11,14-16H2,1-3H3/t19-,20+,21?,24-/m0/s1. The highest BCUT2D eigenvalue weighted by atomic mass is 32.1. The quantitative estimate of drug-likeness (QED) is 0.274. The monoisotopic (exact) mass is 591 g/mol. The van der Waals surface area contributed by atoms with Crippen molar-refractivity contribution in [1.29, 1.82) is 0 Å². The molecule has 2 bridgehead atoms. The molecule has 42 heavy (non-hydrogen) atoms. The average Bonchev–Trinajstić information content (AvgIpc) is 3.27. The molecular formula is C31H33N3O7S. The fourth-order valence-electron chi connectivity index (χ4n) is 6.74. The first-order valence-electron chi connectivity index (χ1n) is 14.4. The number of benzene rings is 1. The molecule has 4 atom stereocenters. The molecule has 2 aliphatic heterocycles. The van der Waals surface area contributed by atoms with Gasteiger partial charge in [-0.25, -0.2) is 14.3 Å². The SMILES string of the molecule is COc1ccccc1[C@H](Cn1c(=O)n(C2(C(C)=O)CC2)c(=O)c2c(C)c(-c3ncco3)sc21)OC1C[C@H]2CC[C@@H](C1)O2. The number of para-hydroxylation sites is 1. The molecule has 3 aliphatic rings. The van der Waals surface area contributed by atoms with Crippen molar-refractivity contribution >= 4 is 27.3 Å². The van der Waals surface area contributed by atoms with Crippen molar-refractivity contribution in [1.82, 2.24) is 14.1 Å². The maximum absolute atomic E-state index is 14.4. The molecule has 10 nitrogen and oxygen atoms in total. The van der Waals surface area contributed by atoms with Crippen LogP contribution in [0.4, 0.5) is 0 Å². The first-order chi connectivity index (χ1) is 20.3. The molecule has 2 saturated heterocycles. The minimum absolute atomic E-state index is 0.0526. The fraction of sp³-hybridized carbons (Fsp3) is 0.484. The van der Waals surface area contributed by atoms with Gasteiger partial charge in [0.1, 0.15) is 28.5 Å². The van der Waals surface area contributed by atoms with Gasteiger partial charge in [0.05, 0.1) is 48.4 Å². The second-order valence-electron chi connectivity index (χ2n) is 11.6. The van der Waals surface area contributed by atoms with Gasteiger partial charge in [0.2, 0.25) is 5.89 Å². The molecule has 5 heterocycles. The summed E-state index contributed by atoms with van der Waals surface area (Å²) in [7, 11) is 1.62. The van der Waals surface area contributed by atoms with Crippen LogP contribution in [0.1, 0.15) is 62.7 Å². The molecule has 7 rings (SSSR count). The predicted molar refractivity (Wildman–Crippen MR) is 156 cm³/mol. The summed E-state index contributed by atoms with van der Waals surface area (Å²) in [5.74, 6) is 0.838. The van der Waals surface area contributed by atoms with Gasteiger partial charge in [-0.15, -0.1) is 11.3 Å². The van der Waals surface area contributed by atoms with E-state index in [4.69, 9.17) is 18.6 Å². The average molecular weight is 592 g/mol. The van der Waals surface area contributed by atoms with E-state index in [-0.39, 0.29) is 30.6 Å². The number of carbonyl (C=O) groups is 1. The summed E-state index contributed by atoms with van der Waals surface area (Å²) in [6.45, 7) is 3.41. The van der Waals surface area contributed by atoms with Gasteiger partial charge in [-0.05, 0) is 64.0 Å². The van der Waals surface area contributed by atoms with E-state index in [9.17, 15) is 14.4 Å². The van der Waals surface area contributed by atoms with Gasteiger partial charge in [0.15, 0.2) is 5.78 Å². The maximum Gasteiger partial charge on any atom is 0.333 e. The lowest BCUT2D eigenvalue weighted by Crippen LogP contribution is -2.48. The Morgan fingerprint density at radius 1 is 1.19 bits per heavy atom. The third kappa shape index (κ3) is 4.37. The Kier molecular flexibility index (Phi) is 6.71. The highest BCUT2D eigenvalue weighted by Crippen LogP contribution is 2.44. The maximum atomic E-state index is 14.4. The third-order valence-corrected chi connectivity index (χ3v) is 10.4. The largest absolute Gasteiger partial charge is 0.496 e. The van der Waals surface area contributed by atoms with Crippen LogP contribution in [0.2, 0.25) is 0 Å². The Labute approximate surface area is 245 Å². The molecule has 1 unspecified atom stereocenters. The number of hydrogen-bond acceptors (Lipinski definition) is 9. The van der Waals surface area contributed by atoms with Crippen molar-refractivity contribution in [3.8, 4) is 16.5 Å². The number of ketones is 1. The molecular weight excluding hydrogens is 558 g/mol. The van der Waals surface area contributed by atoms with Crippen LogP contribution < -0.4 is 16.0 Å². The number of oxazole rings is 1. The topological polar surface area (TPSA) is 115 Å². The smallest absolute Gasteiger partial charge is 0.333 e. The summed E-state index contributed by atoms with van der Waals surface area (Å²) < 4.78 is 27.0. The second-order valence-corrected chi connectivity index (χ2v) is 12.6. The van der Waals surface area contributed by atoms with E-state index in [1.807, 2.05) is 31.2 Å². The first-order valence-corrected chi connectivity index (χ1v) is 15.3. The molecule has 4 aromatic rings. The zero-order valence-corrected chi connectivity index (χ0v) is 24.6. The van der Waals surface area contributed by atoms with Gasteiger partial charge >= 0.3 is 5.69 Å². The van der Waals surface area contributed by atoms with Crippen molar-refractivity contribution in [2.75, 3.05) is 7.11 Å². The number of ether oxygens (including phenoxy) is 3. The van der Waals surface area contributed by atoms with Crippen LogP contribution in [-0.4, -0.2) is 45.3 Å². The van der Waals surface area contributed by atoms with Crippen LogP contribution in [0.15, 0.2) is 50.7 Å². The Hall–Kier alpha value is -3.54. The van der Waals surface area contributed by atoms with E-state index in [2.05, 4.69) is 4.98 Å². The molecule has 1 saturated carbocycles.